The van der Waals surface area contributed by atoms with Gasteiger partial charge >= 0.3 is 0 Å². The first-order chi connectivity index (χ1) is 20.1. The lowest BCUT2D eigenvalue weighted by Crippen LogP contribution is -2.52. The van der Waals surface area contributed by atoms with Crippen LogP contribution in [-0.4, -0.2) is 58.5 Å². The number of benzene rings is 3. The molecule has 3 aromatic rings. The number of carbonyl (C=O) groups is 2. The van der Waals surface area contributed by atoms with E-state index in [9.17, 15) is 18.0 Å². The molecule has 1 N–H and O–H groups in total. The van der Waals surface area contributed by atoms with Crippen molar-refractivity contribution < 1.29 is 27.5 Å². The first-order valence-electron chi connectivity index (χ1n) is 13.4. The van der Waals surface area contributed by atoms with Crippen molar-refractivity contribution in [3.05, 3.63) is 82.3 Å². The maximum Gasteiger partial charge on any atom is 0.264 e. The number of rotatable bonds is 14. The topological polar surface area (TPSA) is 105 Å². The number of anilines is 1. The highest BCUT2D eigenvalue weighted by atomic mass is 35.5. The third-order valence-corrected chi connectivity index (χ3v) is 8.91. The third-order valence-electron chi connectivity index (χ3n) is 6.56. The van der Waals surface area contributed by atoms with Crippen LogP contribution in [0, 0.1) is 0 Å². The van der Waals surface area contributed by atoms with Crippen molar-refractivity contribution in [2.24, 2.45) is 0 Å². The number of carbonyl (C=O) groups excluding carboxylic acids is 2. The lowest BCUT2D eigenvalue weighted by molar-refractivity contribution is -0.140. The van der Waals surface area contributed by atoms with Crippen LogP contribution in [0.3, 0.4) is 0 Å². The van der Waals surface area contributed by atoms with Crippen molar-refractivity contribution in [1.29, 1.82) is 0 Å². The van der Waals surface area contributed by atoms with E-state index in [2.05, 4.69) is 5.32 Å². The SMILES string of the molecule is CCCNC(=O)[C@H](CC)N(Cc1ccc(Cl)cc1Cl)C(=O)CN(c1ccccc1)S(=O)(=O)c1ccc(OC)c(OC)c1. The van der Waals surface area contributed by atoms with E-state index in [-0.39, 0.29) is 28.8 Å². The second-order valence-corrected chi connectivity index (χ2v) is 12.0. The van der Waals surface area contributed by atoms with Gasteiger partial charge in [-0.1, -0.05) is 61.3 Å². The Morgan fingerprint density at radius 2 is 1.62 bits per heavy atom. The van der Waals surface area contributed by atoms with E-state index < -0.39 is 28.5 Å². The molecule has 12 heteroatoms. The predicted molar refractivity (Wildman–Crippen MR) is 165 cm³/mol. The van der Waals surface area contributed by atoms with Gasteiger partial charge in [-0.2, -0.15) is 0 Å². The zero-order chi connectivity index (χ0) is 30.9. The molecule has 3 rings (SSSR count). The average molecular weight is 637 g/mol. The number of nitrogens with one attached hydrogen (secondary N) is 1. The Kier molecular flexibility index (Phi) is 11.9. The summed E-state index contributed by atoms with van der Waals surface area (Å²) in [6, 6.07) is 16.5. The van der Waals surface area contributed by atoms with Crippen molar-refractivity contribution >= 4 is 50.7 Å². The Morgan fingerprint density at radius 3 is 2.21 bits per heavy atom. The van der Waals surface area contributed by atoms with Gasteiger partial charge in [0.1, 0.15) is 12.6 Å². The van der Waals surface area contributed by atoms with Crippen molar-refractivity contribution in [3.8, 4) is 11.5 Å². The molecule has 0 unspecified atom stereocenters. The van der Waals surface area contributed by atoms with Crippen LogP contribution in [0.15, 0.2) is 71.6 Å². The number of nitrogens with zero attached hydrogens (tertiary/aromatic N) is 2. The second kappa shape index (κ2) is 15.1. The zero-order valence-electron chi connectivity index (χ0n) is 24.0. The van der Waals surface area contributed by atoms with E-state index in [4.69, 9.17) is 32.7 Å². The summed E-state index contributed by atoms with van der Waals surface area (Å²) in [5.41, 5.74) is 0.832. The summed E-state index contributed by atoms with van der Waals surface area (Å²) in [6.45, 7) is 3.53. The Labute approximate surface area is 257 Å². The molecule has 0 aliphatic rings. The summed E-state index contributed by atoms with van der Waals surface area (Å²) in [6.07, 6.45) is 1.00. The molecule has 0 aromatic heterocycles. The highest BCUT2D eigenvalue weighted by molar-refractivity contribution is 7.92. The Morgan fingerprint density at radius 1 is 0.929 bits per heavy atom. The van der Waals surface area contributed by atoms with Crippen LogP contribution in [0.4, 0.5) is 5.69 Å². The highest BCUT2D eigenvalue weighted by Gasteiger charge is 2.34. The van der Waals surface area contributed by atoms with E-state index in [1.165, 1.54) is 37.3 Å². The van der Waals surface area contributed by atoms with Gasteiger partial charge < -0.3 is 19.7 Å². The standard InChI is InChI=1S/C30H35Cl2N3O6S/c1-5-16-33-30(37)26(6-2)34(19-21-12-13-22(31)17-25(21)32)29(36)20-35(23-10-8-7-9-11-23)42(38,39)24-14-15-27(40-3)28(18-24)41-4/h7-15,17-18,26H,5-6,16,19-20H2,1-4H3,(H,33,37)/t26-/m0/s1. The first-order valence-corrected chi connectivity index (χ1v) is 15.6. The molecule has 0 aliphatic carbocycles. The minimum atomic E-state index is -4.29. The number of amides is 2. The largest absolute Gasteiger partial charge is 0.493 e. The first kappa shape index (κ1) is 33.0. The van der Waals surface area contributed by atoms with Crippen molar-refractivity contribution in [2.75, 3.05) is 31.6 Å². The molecule has 0 radical (unpaired) electrons. The van der Waals surface area contributed by atoms with Gasteiger partial charge in [0.2, 0.25) is 11.8 Å². The van der Waals surface area contributed by atoms with Crippen molar-refractivity contribution in [1.82, 2.24) is 10.2 Å². The summed E-state index contributed by atoms with van der Waals surface area (Å²) >= 11 is 12.5. The fourth-order valence-electron chi connectivity index (χ4n) is 4.35. The molecule has 9 nitrogen and oxygen atoms in total. The number of hydrogen-bond acceptors (Lipinski definition) is 6. The van der Waals surface area contributed by atoms with Crippen LogP contribution in [0.1, 0.15) is 32.3 Å². The number of hydrogen-bond donors (Lipinski definition) is 1. The van der Waals surface area contributed by atoms with E-state index >= 15 is 0 Å². The molecule has 1 atom stereocenters. The second-order valence-electron chi connectivity index (χ2n) is 9.34. The third kappa shape index (κ3) is 7.87. The van der Waals surface area contributed by atoms with Crippen LogP contribution >= 0.6 is 23.2 Å². The fourth-order valence-corrected chi connectivity index (χ4v) is 6.24. The minimum Gasteiger partial charge on any atom is -0.493 e. The van der Waals surface area contributed by atoms with E-state index in [1.54, 1.807) is 55.5 Å². The maximum absolute atomic E-state index is 14.1. The number of sulfonamides is 1. The van der Waals surface area contributed by atoms with Gasteiger partial charge in [0.15, 0.2) is 11.5 Å². The van der Waals surface area contributed by atoms with Crippen LogP contribution < -0.4 is 19.1 Å². The molecule has 0 bridgehead atoms. The molecule has 226 valence electrons. The average Bonchev–Trinajstić information content (AvgIpc) is 2.99. The summed E-state index contributed by atoms with van der Waals surface area (Å²) in [7, 11) is -1.44. The molecule has 0 fully saturated rings. The quantitative estimate of drug-likeness (QED) is 0.249. The predicted octanol–water partition coefficient (Wildman–Crippen LogP) is 5.54. The molecule has 42 heavy (non-hydrogen) atoms. The fraction of sp³-hybridized carbons (Fsp3) is 0.333. The van der Waals surface area contributed by atoms with Gasteiger partial charge in [-0.05, 0) is 54.8 Å². The molecule has 0 aliphatic heterocycles. The summed E-state index contributed by atoms with van der Waals surface area (Å²) in [5, 5.41) is 3.59. The Balaban J connectivity index is 2.08. The zero-order valence-corrected chi connectivity index (χ0v) is 26.3. The van der Waals surface area contributed by atoms with E-state index in [0.717, 1.165) is 4.31 Å². The van der Waals surface area contributed by atoms with Crippen LogP contribution in [0.5, 0.6) is 11.5 Å². The van der Waals surface area contributed by atoms with Crippen molar-refractivity contribution in [3.63, 3.8) is 0 Å². The summed E-state index contributed by atoms with van der Waals surface area (Å²) in [5.74, 6) is -0.358. The van der Waals surface area contributed by atoms with Gasteiger partial charge in [0, 0.05) is 29.2 Å². The maximum atomic E-state index is 14.1. The molecule has 0 spiro atoms. The van der Waals surface area contributed by atoms with Crippen LogP contribution in [0.2, 0.25) is 10.0 Å². The lowest BCUT2D eigenvalue weighted by atomic mass is 10.1. The molecule has 0 heterocycles. The minimum absolute atomic E-state index is 0.0358. The molecular weight excluding hydrogens is 601 g/mol. The van der Waals surface area contributed by atoms with Crippen LogP contribution in [-0.2, 0) is 26.2 Å². The normalized spacial score (nSPS) is 11.9. The van der Waals surface area contributed by atoms with Crippen LogP contribution in [0.25, 0.3) is 0 Å². The lowest BCUT2D eigenvalue weighted by Gasteiger charge is -2.33. The number of halogens is 2. The van der Waals surface area contributed by atoms with Gasteiger partial charge in [-0.15, -0.1) is 0 Å². The monoisotopic (exact) mass is 635 g/mol. The van der Waals surface area contributed by atoms with Gasteiger partial charge in [-0.3, -0.25) is 13.9 Å². The van der Waals surface area contributed by atoms with Gasteiger partial charge in [0.25, 0.3) is 10.0 Å². The molecular formula is C30H35Cl2N3O6S. The van der Waals surface area contributed by atoms with Gasteiger partial charge in [0.05, 0.1) is 24.8 Å². The highest BCUT2D eigenvalue weighted by Crippen LogP contribution is 2.32. The summed E-state index contributed by atoms with van der Waals surface area (Å²) < 4.78 is 39.7. The number of para-hydroxylation sites is 1. The van der Waals surface area contributed by atoms with Crippen molar-refractivity contribution in [2.45, 2.75) is 44.2 Å². The van der Waals surface area contributed by atoms with Gasteiger partial charge in [-0.25, -0.2) is 8.42 Å². The molecule has 0 saturated carbocycles. The Hall–Kier alpha value is -3.47. The summed E-state index contributed by atoms with van der Waals surface area (Å²) in [4.78, 5) is 28.6. The molecule has 3 aromatic carbocycles. The molecule has 2 amide bonds. The Bertz CT molecular complexity index is 1490. The number of ether oxygens (including phenoxy) is 2. The molecule has 0 saturated heterocycles. The van der Waals surface area contributed by atoms with E-state index in [0.29, 0.717) is 40.7 Å². The number of methoxy groups -OCH3 is 2. The smallest absolute Gasteiger partial charge is 0.264 e. The van der Waals surface area contributed by atoms with E-state index in [1.807, 2.05) is 6.92 Å².